The maximum atomic E-state index is 10.2. The Morgan fingerprint density at radius 2 is 2.06 bits per heavy atom. The first-order chi connectivity index (χ1) is 7.68. The van der Waals surface area contributed by atoms with Gasteiger partial charge in [-0.2, -0.15) is 0 Å². The van der Waals surface area contributed by atoms with Crippen LogP contribution < -0.4 is 5.32 Å². The molecule has 0 aromatic heterocycles. The molecule has 1 saturated heterocycles. The van der Waals surface area contributed by atoms with Crippen molar-refractivity contribution in [1.29, 1.82) is 0 Å². The summed E-state index contributed by atoms with van der Waals surface area (Å²) in [6.07, 6.45) is 2.84. The minimum absolute atomic E-state index is 0.131. The molecular formula is C12H15Cl2NO. The van der Waals surface area contributed by atoms with Crippen LogP contribution in [0.25, 0.3) is 0 Å². The minimum Gasteiger partial charge on any atom is -0.387 e. The van der Waals surface area contributed by atoms with Crippen LogP contribution in [-0.2, 0) is 0 Å². The molecular weight excluding hydrogens is 245 g/mol. The van der Waals surface area contributed by atoms with Crippen LogP contribution in [0, 0.1) is 0 Å². The first-order valence-corrected chi connectivity index (χ1v) is 6.30. The first-order valence-electron chi connectivity index (χ1n) is 5.55. The Kier molecular flexibility index (Phi) is 4.09. The highest BCUT2D eigenvalue weighted by molar-refractivity contribution is 6.42. The number of halogens is 2. The van der Waals surface area contributed by atoms with Gasteiger partial charge in [-0.3, -0.25) is 0 Å². The Morgan fingerprint density at radius 3 is 2.69 bits per heavy atom. The van der Waals surface area contributed by atoms with E-state index < -0.39 is 6.10 Å². The van der Waals surface area contributed by atoms with E-state index in [1.165, 1.54) is 6.42 Å². The van der Waals surface area contributed by atoms with Gasteiger partial charge in [0.2, 0.25) is 0 Å². The molecule has 2 N–H and O–H groups in total. The number of piperidine rings is 1. The molecule has 0 unspecified atom stereocenters. The summed E-state index contributed by atoms with van der Waals surface area (Å²) in [4.78, 5) is 0. The maximum Gasteiger partial charge on any atom is 0.0943 e. The van der Waals surface area contributed by atoms with Crippen molar-refractivity contribution in [3.05, 3.63) is 33.8 Å². The van der Waals surface area contributed by atoms with Crippen molar-refractivity contribution in [2.24, 2.45) is 0 Å². The molecule has 1 fully saturated rings. The van der Waals surface area contributed by atoms with E-state index in [1.54, 1.807) is 12.1 Å². The Hall–Kier alpha value is -0.280. The summed E-state index contributed by atoms with van der Waals surface area (Å²) in [6.45, 7) is 0.975. The Labute approximate surface area is 106 Å². The fourth-order valence-corrected chi connectivity index (χ4v) is 2.38. The van der Waals surface area contributed by atoms with E-state index in [0.717, 1.165) is 24.9 Å². The lowest BCUT2D eigenvalue weighted by molar-refractivity contribution is 0.114. The highest BCUT2D eigenvalue weighted by atomic mass is 35.5. The fraction of sp³-hybridized carbons (Fsp3) is 0.500. The summed E-state index contributed by atoms with van der Waals surface area (Å²) in [6, 6.07) is 5.43. The molecule has 1 aromatic carbocycles. The van der Waals surface area contributed by atoms with Crippen LogP contribution >= 0.6 is 23.2 Å². The van der Waals surface area contributed by atoms with Gasteiger partial charge in [0.15, 0.2) is 0 Å². The molecule has 1 heterocycles. The maximum absolute atomic E-state index is 10.2. The third kappa shape index (κ3) is 2.69. The van der Waals surface area contributed by atoms with Gasteiger partial charge in [0.25, 0.3) is 0 Å². The second-order valence-electron chi connectivity index (χ2n) is 4.17. The largest absolute Gasteiger partial charge is 0.387 e. The second kappa shape index (κ2) is 5.37. The zero-order valence-corrected chi connectivity index (χ0v) is 10.4. The van der Waals surface area contributed by atoms with Crippen molar-refractivity contribution in [2.45, 2.75) is 31.4 Å². The smallest absolute Gasteiger partial charge is 0.0943 e. The van der Waals surface area contributed by atoms with Crippen molar-refractivity contribution >= 4 is 23.2 Å². The van der Waals surface area contributed by atoms with Gasteiger partial charge in [-0.15, -0.1) is 0 Å². The molecule has 0 amide bonds. The van der Waals surface area contributed by atoms with E-state index in [9.17, 15) is 5.11 Å². The molecule has 1 aliphatic heterocycles. The summed E-state index contributed by atoms with van der Waals surface area (Å²) < 4.78 is 0. The first kappa shape index (κ1) is 12.2. The zero-order valence-electron chi connectivity index (χ0n) is 8.92. The van der Waals surface area contributed by atoms with Gasteiger partial charge < -0.3 is 10.4 Å². The van der Waals surface area contributed by atoms with Crippen LogP contribution in [0.15, 0.2) is 18.2 Å². The SMILES string of the molecule is O[C@H](c1ccc(Cl)c(Cl)c1)[C@H]1CCCCN1. The van der Waals surface area contributed by atoms with Gasteiger partial charge in [-0.25, -0.2) is 0 Å². The second-order valence-corrected chi connectivity index (χ2v) is 4.99. The van der Waals surface area contributed by atoms with Crippen LogP contribution in [0.5, 0.6) is 0 Å². The summed E-state index contributed by atoms with van der Waals surface area (Å²) in [5.74, 6) is 0. The minimum atomic E-state index is -0.505. The predicted octanol–water partition coefficient (Wildman–Crippen LogP) is 3.17. The summed E-state index contributed by atoms with van der Waals surface area (Å²) in [5, 5.41) is 14.5. The Bertz CT molecular complexity index is 364. The number of aliphatic hydroxyl groups is 1. The van der Waals surface area contributed by atoms with Gasteiger partial charge in [0.1, 0.15) is 0 Å². The topological polar surface area (TPSA) is 32.3 Å². The number of rotatable bonds is 2. The monoisotopic (exact) mass is 259 g/mol. The lowest BCUT2D eigenvalue weighted by atomic mass is 9.95. The molecule has 2 nitrogen and oxygen atoms in total. The number of benzene rings is 1. The quantitative estimate of drug-likeness (QED) is 0.856. The molecule has 1 aliphatic rings. The van der Waals surface area contributed by atoms with Crippen molar-refractivity contribution in [2.75, 3.05) is 6.54 Å². The average Bonchev–Trinajstić information content (AvgIpc) is 2.33. The third-order valence-corrected chi connectivity index (χ3v) is 3.75. The van der Waals surface area contributed by atoms with Gasteiger partial charge in [-0.1, -0.05) is 35.7 Å². The van der Waals surface area contributed by atoms with Gasteiger partial charge >= 0.3 is 0 Å². The highest BCUT2D eigenvalue weighted by Gasteiger charge is 2.22. The van der Waals surface area contributed by atoms with E-state index >= 15 is 0 Å². The van der Waals surface area contributed by atoms with Crippen molar-refractivity contribution in [3.8, 4) is 0 Å². The molecule has 0 radical (unpaired) electrons. The van der Waals surface area contributed by atoms with Crippen LogP contribution in [-0.4, -0.2) is 17.7 Å². The van der Waals surface area contributed by atoms with Crippen molar-refractivity contribution < 1.29 is 5.11 Å². The molecule has 2 rings (SSSR count). The summed E-state index contributed by atoms with van der Waals surface area (Å²) in [5.41, 5.74) is 0.828. The molecule has 0 aliphatic carbocycles. The molecule has 1 aromatic rings. The molecule has 0 saturated carbocycles. The van der Waals surface area contributed by atoms with Crippen molar-refractivity contribution in [1.82, 2.24) is 5.32 Å². The highest BCUT2D eigenvalue weighted by Crippen LogP contribution is 2.28. The molecule has 2 atom stereocenters. The van der Waals surface area contributed by atoms with E-state index in [-0.39, 0.29) is 6.04 Å². The van der Waals surface area contributed by atoms with Gasteiger partial charge in [0.05, 0.1) is 16.1 Å². The number of hydrogen-bond acceptors (Lipinski definition) is 2. The molecule has 0 bridgehead atoms. The fourth-order valence-electron chi connectivity index (χ4n) is 2.08. The summed E-state index contributed by atoms with van der Waals surface area (Å²) in [7, 11) is 0. The van der Waals surface area contributed by atoms with E-state index in [0.29, 0.717) is 10.0 Å². The third-order valence-electron chi connectivity index (χ3n) is 3.01. The lowest BCUT2D eigenvalue weighted by Gasteiger charge is -2.28. The molecule has 88 valence electrons. The zero-order chi connectivity index (χ0) is 11.5. The van der Waals surface area contributed by atoms with Crippen molar-refractivity contribution in [3.63, 3.8) is 0 Å². The van der Waals surface area contributed by atoms with E-state index in [4.69, 9.17) is 23.2 Å². The normalized spacial score (nSPS) is 23.1. The Balaban J connectivity index is 2.12. The number of hydrogen-bond donors (Lipinski definition) is 2. The van der Waals surface area contributed by atoms with E-state index in [2.05, 4.69) is 5.32 Å². The van der Waals surface area contributed by atoms with Crippen LogP contribution in [0.4, 0.5) is 0 Å². The number of aliphatic hydroxyl groups excluding tert-OH is 1. The molecule has 4 heteroatoms. The number of nitrogens with one attached hydrogen (secondary N) is 1. The van der Waals surface area contributed by atoms with Crippen LogP contribution in [0.2, 0.25) is 10.0 Å². The molecule has 0 spiro atoms. The average molecular weight is 260 g/mol. The lowest BCUT2D eigenvalue weighted by Crippen LogP contribution is -2.38. The van der Waals surface area contributed by atoms with E-state index in [1.807, 2.05) is 6.07 Å². The van der Waals surface area contributed by atoms with Gasteiger partial charge in [0, 0.05) is 6.04 Å². The summed E-state index contributed by atoms with van der Waals surface area (Å²) >= 11 is 11.8. The molecule has 16 heavy (non-hydrogen) atoms. The predicted molar refractivity (Wildman–Crippen MR) is 67.1 cm³/mol. The Morgan fingerprint density at radius 1 is 1.25 bits per heavy atom. The van der Waals surface area contributed by atoms with Crippen LogP contribution in [0.3, 0.4) is 0 Å². The van der Waals surface area contributed by atoms with Crippen LogP contribution in [0.1, 0.15) is 30.9 Å². The van der Waals surface area contributed by atoms with Gasteiger partial charge in [-0.05, 0) is 37.1 Å². The standard InChI is InChI=1S/C12H15Cl2NO/c13-9-5-4-8(7-10(9)14)12(16)11-3-1-2-6-15-11/h4-5,7,11-12,15-16H,1-3,6H2/t11-,12-/m1/s1.